The third-order valence-corrected chi connectivity index (χ3v) is 3.87. The van der Waals surface area contributed by atoms with E-state index in [1.54, 1.807) is 6.20 Å². The van der Waals surface area contributed by atoms with Gasteiger partial charge in [0.25, 0.3) is 5.91 Å². The van der Waals surface area contributed by atoms with Crippen LogP contribution in [0.1, 0.15) is 35.8 Å². The molecule has 1 aromatic rings. The summed E-state index contributed by atoms with van der Waals surface area (Å²) in [6.45, 7) is 5.56. The molecule has 106 valence electrons. The van der Waals surface area contributed by atoms with E-state index in [1.165, 1.54) is 12.8 Å². The summed E-state index contributed by atoms with van der Waals surface area (Å²) in [5.74, 6) is 0.159. The third kappa shape index (κ3) is 2.77. The Kier molecular flexibility index (Phi) is 4.47. The van der Waals surface area contributed by atoms with Gasteiger partial charge in [0.05, 0.1) is 17.5 Å². The Bertz CT molecular complexity index is 459. The highest BCUT2D eigenvalue weighted by molar-refractivity contribution is 5.95. The van der Waals surface area contributed by atoms with Crippen LogP contribution in [0, 0.1) is 0 Å². The summed E-state index contributed by atoms with van der Waals surface area (Å²) in [6.07, 6.45) is 5.09. The molecule has 0 aliphatic carbocycles. The van der Waals surface area contributed by atoms with Gasteiger partial charge in [0.2, 0.25) is 0 Å². The van der Waals surface area contributed by atoms with Gasteiger partial charge in [-0.1, -0.05) is 0 Å². The van der Waals surface area contributed by atoms with Gasteiger partial charge in [-0.05, 0) is 26.2 Å². The maximum absolute atomic E-state index is 12.5. The number of nitrogens with zero attached hydrogens (tertiary/aromatic N) is 3. The van der Waals surface area contributed by atoms with Crippen molar-refractivity contribution in [2.45, 2.75) is 38.8 Å². The zero-order valence-corrected chi connectivity index (χ0v) is 12.1. The Labute approximate surface area is 119 Å². The number of amides is 1. The van der Waals surface area contributed by atoms with E-state index in [-0.39, 0.29) is 18.3 Å². The molecule has 2 aliphatic rings. The molecule has 5 nitrogen and oxygen atoms in total. The molecule has 1 amide bonds. The van der Waals surface area contributed by atoms with E-state index in [1.807, 2.05) is 9.58 Å². The number of carbonyl (C=O) groups excluding carboxylic acids is 1. The molecule has 6 heteroatoms. The molecule has 2 aliphatic heterocycles. The molecule has 0 saturated carbocycles. The van der Waals surface area contributed by atoms with Gasteiger partial charge < -0.3 is 10.2 Å². The standard InChI is InChI=1S/C13H20N4O.ClH/c1-10-9-16(7-5-14-10)13(18)11-8-15-17-6-3-2-4-12(11)17;/h8,10,14H,2-7,9H2,1H3;1H/t10-;/m1./s1. The van der Waals surface area contributed by atoms with Crippen molar-refractivity contribution in [2.75, 3.05) is 19.6 Å². The summed E-state index contributed by atoms with van der Waals surface area (Å²) >= 11 is 0. The lowest BCUT2D eigenvalue weighted by Crippen LogP contribution is -2.51. The molecule has 1 aromatic heterocycles. The van der Waals surface area contributed by atoms with Gasteiger partial charge in [0, 0.05) is 32.2 Å². The van der Waals surface area contributed by atoms with Gasteiger partial charge in [-0.25, -0.2) is 0 Å². The second-order valence-electron chi connectivity index (χ2n) is 5.29. The van der Waals surface area contributed by atoms with Crippen LogP contribution in [0.5, 0.6) is 0 Å². The van der Waals surface area contributed by atoms with Crippen molar-refractivity contribution in [2.24, 2.45) is 0 Å². The maximum atomic E-state index is 12.5. The van der Waals surface area contributed by atoms with E-state index in [0.29, 0.717) is 6.04 Å². The van der Waals surface area contributed by atoms with Crippen molar-refractivity contribution in [3.05, 3.63) is 17.5 Å². The minimum Gasteiger partial charge on any atom is -0.336 e. The van der Waals surface area contributed by atoms with E-state index < -0.39 is 0 Å². The largest absolute Gasteiger partial charge is 0.336 e. The molecular weight excluding hydrogens is 264 g/mol. The number of rotatable bonds is 1. The average Bonchev–Trinajstić information content (AvgIpc) is 2.82. The molecule has 1 atom stereocenters. The predicted octanol–water partition coefficient (Wildman–Crippen LogP) is 1.08. The second-order valence-corrected chi connectivity index (χ2v) is 5.29. The van der Waals surface area contributed by atoms with Crippen LogP contribution in [-0.2, 0) is 13.0 Å². The molecule has 1 N–H and O–H groups in total. The van der Waals surface area contributed by atoms with Crippen LogP contribution >= 0.6 is 12.4 Å². The number of aromatic nitrogens is 2. The van der Waals surface area contributed by atoms with Crippen molar-refractivity contribution < 1.29 is 4.79 Å². The van der Waals surface area contributed by atoms with Crippen molar-refractivity contribution in [3.8, 4) is 0 Å². The fraction of sp³-hybridized carbons (Fsp3) is 0.692. The normalized spacial score (nSPS) is 22.6. The first-order valence-electron chi connectivity index (χ1n) is 6.83. The highest BCUT2D eigenvalue weighted by atomic mass is 35.5. The molecule has 0 unspecified atom stereocenters. The van der Waals surface area contributed by atoms with Gasteiger partial charge in [-0.15, -0.1) is 12.4 Å². The number of hydrogen-bond donors (Lipinski definition) is 1. The lowest BCUT2D eigenvalue weighted by Gasteiger charge is -2.32. The van der Waals surface area contributed by atoms with Gasteiger partial charge in [0.1, 0.15) is 0 Å². The van der Waals surface area contributed by atoms with E-state index in [9.17, 15) is 4.79 Å². The van der Waals surface area contributed by atoms with Gasteiger partial charge in [-0.2, -0.15) is 5.10 Å². The minimum atomic E-state index is 0. The Hall–Kier alpha value is -1.07. The van der Waals surface area contributed by atoms with Crippen molar-refractivity contribution in [3.63, 3.8) is 0 Å². The SMILES string of the molecule is C[C@@H]1CN(C(=O)c2cnn3c2CCCC3)CCN1.Cl. The van der Waals surface area contributed by atoms with Crippen LogP contribution in [0.3, 0.4) is 0 Å². The summed E-state index contributed by atoms with van der Waals surface area (Å²) in [5.41, 5.74) is 1.96. The van der Waals surface area contributed by atoms with Crippen LogP contribution in [0.25, 0.3) is 0 Å². The zero-order chi connectivity index (χ0) is 12.5. The van der Waals surface area contributed by atoms with E-state index in [2.05, 4.69) is 17.3 Å². The maximum Gasteiger partial charge on any atom is 0.257 e. The number of piperazine rings is 1. The molecule has 1 fully saturated rings. The van der Waals surface area contributed by atoms with Gasteiger partial charge in [-0.3, -0.25) is 9.48 Å². The van der Waals surface area contributed by atoms with Crippen molar-refractivity contribution in [1.29, 1.82) is 0 Å². The van der Waals surface area contributed by atoms with Gasteiger partial charge >= 0.3 is 0 Å². The van der Waals surface area contributed by atoms with Crippen molar-refractivity contribution in [1.82, 2.24) is 20.0 Å². The quantitative estimate of drug-likeness (QED) is 0.839. The molecule has 0 radical (unpaired) electrons. The summed E-state index contributed by atoms with van der Waals surface area (Å²) < 4.78 is 2.00. The van der Waals surface area contributed by atoms with Crippen LogP contribution in [-0.4, -0.2) is 46.3 Å². The Morgan fingerprint density at radius 2 is 2.26 bits per heavy atom. The second kappa shape index (κ2) is 5.92. The summed E-state index contributed by atoms with van der Waals surface area (Å²) in [5, 5.41) is 7.70. The first-order valence-corrected chi connectivity index (χ1v) is 6.83. The lowest BCUT2D eigenvalue weighted by molar-refractivity contribution is 0.0707. The first kappa shape index (κ1) is 14.3. The number of nitrogens with one attached hydrogen (secondary N) is 1. The summed E-state index contributed by atoms with van der Waals surface area (Å²) in [4.78, 5) is 14.5. The highest BCUT2D eigenvalue weighted by Gasteiger charge is 2.26. The van der Waals surface area contributed by atoms with Crippen LogP contribution in [0.4, 0.5) is 0 Å². The predicted molar refractivity (Wildman–Crippen MR) is 75.8 cm³/mol. The van der Waals surface area contributed by atoms with Crippen LogP contribution in [0.15, 0.2) is 6.20 Å². The molecule has 3 heterocycles. The first-order chi connectivity index (χ1) is 8.75. The number of hydrogen-bond acceptors (Lipinski definition) is 3. The van der Waals surface area contributed by atoms with Crippen LogP contribution < -0.4 is 5.32 Å². The topological polar surface area (TPSA) is 50.2 Å². The minimum absolute atomic E-state index is 0. The average molecular weight is 285 g/mol. The molecule has 0 bridgehead atoms. The van der Waals surface area contributed by atoms with E-state index >= 15 is 0 Å². The van der Waals surface area contributed by atoms with Crippen molar-refractivity contribution >= 4 is 18.3 Å². The Morgan fingerprint density at radius 3 is 3.05 bits per heavy atom. The summed E-state index contributed by atoms with van der Waals surface area (Å²) in [7, 11) is 0. The number of halogens is 1. The highest BCUT2D eigenvalue weighted by Crippen LogP contribution is 2.20. The molecule has 1 saturated heterocycles. The molecule has 0 aromatic carbocycles. The molecular formula is C13H21ClN4O. The Balaban J connectivity index is 0.00000133. The Morgan fingerprint density at radius 1 is 1.42 bits per heavy atom. The third-order valence-electron chi connectivity index (χ3n) is 3.87. The lowest BCUT2D eigenvalue weighted by atomic mass is 10.1. The number of carbonyl (C=O) groups is 1. The molecule has 19 heavy (non-hydrogen) atoms. The van der Waals surface area contributed by atoms with Gasteiger partial charge in [0.15, 0.2) is 0 Å². The number of fused-ring (bicyclic) bond motifs is 1. The zero-order valence-electron chi connectivity index (χ0n) is 11.3. The fourth-order valence-electron chi connectivity index (χ4n) is 2.89. The smallest absolute Gasteiger partial charge is 0.257 e. The molecule has 0 spiro atoms. The molecule has 3 rings (SSSR count). The monoisotopic (exact) mass is 284 g/mol. The number of aryl methyl sites for hydroxylation is 1. The van der Waals surface area contributed by atoms with E-state index in [4.69, 9.17) is 0 Å². The van der Waals surface area contributed by atoms with E-state index in [0.717, 1.165) is 43.9 Å². The summed E-state index contributed by atoms with van der Waals surface area (Å²) in [6, 6.07) is 0.383. The van der Waals surface area contributed by atoms with Crippen LogP contribution in [0.2, 0.25) is 0 Å². The fourth-order valence-corrected chi connectivity index (χ4v) is 2.89.